The SMILES string of the molecule is CC(Oc1ccc(Br)cc1)C(=O)Nc1ccc(Cl)c(N)c1. The van der Waals surface area contributed by atoms with Gasteiger partial charge in [0.25, 0.3) is 5.91 Å². The molecule has 0 aliphatic heterocycles. The zero-order valence-electron chi connectivity index (χ0n) is 11.3. The first-order valence-corrected chi connectivity index (χ1v) is 7.41. The minimum absolute atomic E-state index is 0.264. The Labute approximate surface area is 136 Å². The molecular weight excluding hydrogens is 356 g/mol. The molecule has 0 saturated carbocycles. The first-order valence-electron chi connectivity index (χ1n) is 6.24. The number of hydrogen-bond donors (Lipinski definition) is 2. The van der Waals surface area contributed by atoms with Crippen molar-refractivity contribution in [3.63, 3.8) is 0 Å². The van der Waals surface area contributed by atoms with Crippen molar-refractivity contribution in [1.29, 1.82) is 0 Å². The van der Waals surface area contributed by atoms with Crippen molar-refractivity contribution in [2.75, 3.05) is 11.1 Å². The number of carbonyl (C=O) groups is 1. The van der Waals surface area contributed by atoms with E-state index in [1.54, 1.807) is 37.3 Å². The number of rotatable bonds is 4. The number of nitrogens with one attached hydrogen (secondary N) is 1. The molecule has 2 aromatic rings. The van der Waals surface area contributed by atoms with Crippen molar-refractivity contribution in [1.82, 2.24) is 0 Å². The zero-order valence-corrected chi connectivity index (χ0v) is 13.6. The van der Waals surface area contributed by atoms with E-state index in [1.807, 2.05) is 12.1 Å². The van der Waals surface area contributed by atoms with Crippen LogP contribution in [0.2, 0.25) is 5.02 Å². The molecule has 0 aromatic heterocycles. The number of carbonyl (C=O) groups excluding carboxylic acids is 1. The lowest BCUT2D eigenvalue weighted by Gasteiger charge is -2.15. The minimum atomic E-state index is -0.636. The van der Waals surface area contributed by atoms with Crippen LogP contribution in [0.3, 0.4) is 0 Å². The fourth-order valence-electron chi connectivity index (χ4n) is 1.64. The minimum Gasteiger partial charge on any atom is -0.481 e. The van der Waals surface area contributed by atoms with Crippen LogP contribution in [0.5, 0.6) is 5.75 Å². The molecule has 1 amide bonds. The van der Waals surface area contributed by atoms with Crippen LogP contribution < -0.4 is 15.8 Å². The van der Waals surface area contributed by atoms with Gasteiger partial charge in [-0.1, -0.05) is 27.5 Å². The molecule has 110 valence electrons. The van der Waals surface area contributed by atoms with E-state index in [4.69, 9.17) is 22.1 Å². The van der Waals surface area contributed by atoms with Gasteiger partial charge in [-0.3, -0.25) is 4.79 Å². The highest BCUT2D eigenvalue weighted by molar-refractivity contribution is 9.10. The predicted octanol–water partition coefficient (Wildman–Crippen LogP) is 4.09. The second kappa shape index (κ2) is 6.83. The van der Waals surface area contributed by atoms with Crippen LogP contribution in [0.4, 0.5) is 11.4 Å². The Morgan fingerprint density at radius 1 is 1.29 bits per heavy atom. The van der Waals surface area contributed by atoms with Crippen molar-refractivity contribution < 1.29 is 9.53 Å². The van der Waals surface area contributed by atoms with Crippen LogP contribution in [0.25, 0.3) is 0 Å². The summed E-state index contributed by atoms with van der Waals surface area (Å²) < 4.78 is 6.51. The highest BCUT2D eigenvalue weighted by Gasteiger charge is 2.15. The largest absolute Gasteiger partial charge is 0.481 e. The van der Waals surface area contributed by atoms with Crippen LogP contribution in [0.15, 0.2) is 46.9 Å². The molecule has 4 nitrogen and oxygen atoms in total. The molecule has 6 heteroatoms. The van der Waals surface area contributed by atoms with Gasteiger partial charge in [0, 0.05) is 10.2 Å². The van der Waals surface area contributed by atoms with Crippen molar-refractivity contribution in [3.8, 4) is 5.75 Å². The van der Waals surface area contributed by atoms with Gasteiger partial charge in [-0.15, -0.1) is 0 Å². The Balaban J connectivity index is 1.98. The van der Waals surface area contributed by atoms with Crippen molar-refractivity contribution in [3.05, 3.63) is 52.0 Å². The molecule has 0 saturated heterocycles. The fourth-order valence-corrected chi connectivity index (χ4v) is 2.02. The fraction of sp³-hybridized carbons (Fsp3) is 0.133. The van der Waals surface area contributed by atoms with Gasteiger partial charge in [0.15, 0.2) is 6.10 Å². The first-order chi connectivity index (χ1) is 9.95. The van der Waals surface area contributed by atoms with Crippen LogP contribution in [-0.4, -0.2) is 12.0 Å². The third-order valence-corrected chi connectivity index (χ3v) is 3.63. The van der Waals surface area contributed by atoms with E-state index in [9.17, 15) is 4.79 Å². The molecule has 0 bridgehead atoms. The Kier molecular flexibility index (Phi) is 5.09. The molecule has 0 spiro atoms. The van der Waals surface area contributed by atoms with Gasteiger partial charge in [0.2, 0.25) is 0 Å². The summed E-state index contributed by atoms with van der Waals surface area (Å²) >= 11 is 9.17. The molecule has 0 heterocycles. The van der Waals surface area contributed by atoms with E-state index < -0.39 is 6.10 Å². The summed E-state index contributed by atoms with van der Waals surface area (Å²) in [6.07, 6.45) is -0.636. The van der Waals surface area contributed by atoms with Crippen molar-refractivity contribution in [2.45, 2.75) is 13.0 Å². The maximum atomic E-state index is 12.1. The van der Waals surface area contributed by atoms with Gasteiger partial charge in [-0.2, -0.15) is 0 Å². The van der Waals surface area contributed by atoms with Crippen LogP contribution in [0, 0.1) is 0 Å². The van der Waals surface area contributed by atoms with Gasteiger partial charge in [0.1, 0.15) is 5.75 Å². The maximum absolute atomic E-state index is 12.1. The number of amides is 1. The lowest BCUT2D eigenvalue weighted by atomic mass is 10.2. The summed E-state index contributed by atoms with van der Waals surface area (Å²) in [5.74, 6) is 0.358. The summed E-state index contributed by atoms with van der Waals surface area (Å²) in [4.78, 5) is 12.1. The summed E-state index contributed by atoms with van der Waals surface area (Å²) in [5.41, 5.74) is 6.68. The smallest absolute Gasteiger partial charge is 0.265 e. The van der Waals surface area contributed by atoms with E-state index in [1.165, 1.54) is 0 Å². The van der Waals surface area contributed by atoms with Gasteiger partial charge >= 0.3 is 0 Å². The average molecular weight is 370 g/mol. The molecule has 2 rings (SSSR count). The molecule has 0 aliphatic carbocycles. The van der Waals surface area contributed by atoms with Gasteiger partial charge in [0.05, 0.1) is 10.7 Å². The van der Waals surface area contributed by atoms with Gasteiger partial charge in [-0.25, -0.2) is 0 Å². The third kappa shape index (κ3) is 4.37. The Morgan fingerprint density at radius 3 is 2.57 bits per heavy atom. The number of nitrogen functional groups attached to an aromatic ring is 1. The van der Waals surface area contributed by atoms with Crippen molar-refractivity contribution >= 4 is 44.8 Å². The molecule has 2 aromatic carbocycles. The average Bonchev–Trinajstić information content (AvgIpc) is 2.45. The number of hydrogen-bond acceptors (Lipinski definition) is 3. The van der Waals surface area contributed by atoms with Crippen LogP contribution in [0.1, 0.15) is 6.92 Å². The quantitative estimate of drug-likeness (QED) is 0.798. The van der Waals surface area contributed by atoms with Crippen LogP contribution in [-0.2, 0) is 4.79 Å². The summed E-state index contributed by atoms with van der Waals surface area (Å²) in [6, 6.07) is 12.2. The number of benzene rings is 2. The lowest BCUT2D eigenvalue weighted by molar-refractivity contribution is -0.122. The summed E-state index contributed by atoms with van der Waals surface area (Å²) in [5, 5.41) is 3.18. The highest BCUT2D eigenvalue weighted by atomic mass is 79.9. The third-order valence-electron chi connectivity index (χ3n) is 2.76. The van der Waals surface area contributed by atoms with E-state index >= 15 is 0 Å². The Bertz CT molecular complexity index is 647. The van der Waals surface area contributed by atoms with Crippen molar-refractivity contribution in [2.24, 2.45) is 0 Å². The monoisotopic (exact) mass is 368 g/mol. The normalized spacial score (nSPS) is 11.8. The molecule has 3 N–H and O–H groups in total. The lowest BCUT2D eigenvalue weighted by Crippen LogP contribution is -2.30. The number of anilines is 2. The Hall–Kier alpha value is -1.72. The van der Waals surface area contributed by atoms with E-state index in [0.717, 1.165) is 4.47 Å². The van der Waals surface area contributed by atoms with E-state index in [2.05, 4.69) is 21.2 Å². The highest BCUT2D eigenvalue weighted by Crippen LogP contribution is 2.23. The Morgan fingerprint density at radius 2 is 1.95 bits per heavy atom. The summed E-state index contributed by atoms with van der Waals surface area (Å²) in [7, 11) is 0. The van der Waals surface area contributed by atoms with Gasteiger partial charge < -0.3 is 15.8 Å². The molecule has 0 fully saturated rings. The maximum Gasteiger partial charge on any atom is 0.265 e. The number of ether oxygens (including phenoxy) is 1. The van der Waals surface area contributed by atoms with Gasteiger partial charge in [-0.05, 0) is 49.4 Å². The predicted molar refractivity (Wildman–Crippen MR) is 88.7 cm³/mol. The molecule has 1 atom stereocenters. The topological polar surface area (TPSA) is 64.3 Å². The number of nitrogens with two attached hydrogens (primary N) is 1. The standard InChI is InChI=1S/C15H14BrClN2O2/c1-9(21-12-5-2-10(16)3-6-12)15(20)19-11-4-7-13(17)14(18)8-11/h2-9H,18H2,1H3,(H,19,20). The molecule has 0 radical (unpaired) electrons. The number of halogens is 2. The first kappa shape index (κ1) is 15.7. The molecule has 0 aliphatic rings. The molecular formula is C15H14BrClN2O2. The summed E-state index contributed by atoms with van der Waals surface area (Å²) in [6.45, 7) is 1.68. The van der Waals surface area contributed by atoms with E-state index in [0.29, 0.717) is 22.1 Å². The van der Waals surface area contributed by atoms with E-state index in [-0.39, 0.29) is 5.91 Å². The zero-order chi connectivity index (χ0) is 15.4. The second-order valence-electron chi connectivity index (χ2n) is 4.44. The molecule has 21 heavy (non-hydrogen) atoms. The molecule has 1 unspecified atom stereocenters. The second-order valence-corrected chi connectivity index (χ2v) is 5.76. The van der Waals surface area contributed by atoms with Crippen LogP contribution >= 0.6 is 27.5 Å².